The van der Waals surface area contributed by atoms with Crippen LogP contribution in [0.1, 0.15) is 28.3 Å². The Hall–Kier alpha value is -2.22. The van der Waals surface area contributed by atoms with Gasteiger partial charge in [-0.25, -0.2) is 0 Å². The zero-order chi connectivity index (χ0) is 14.4. The van der Waals surface area contributed by atoms with Crippen LogP contribution >= 0.6 is 11.3 Å². The lowest BCUT2D eigenvalue weighted by Gasteiger charge is -2.03. The molecule has 0 aliphatic rings. The Balaban J connectivity index is 1.63. The van der Waals surface area contributed by atoms with Gasteiger partial charge in [0.15, 0.2) is 0 Å². The number of hydrogen-bond donors (Lipinski definition) is 3. The van der Waals surface area contributed by atoms with Crippen molar-refractivity contribution in [2.24, 2.45) is 0 Å². The van der Waals surface area contributed by atoms with Gasteiger partial charge < -0.3 is 5.32 Å². The van der Waals surface area contributed by atoms with E-state index in [1.165, 1.54) is 11.3 Å². The van der Waals surface area contributed by atoms with Crippen molar-refractivity contribution in [3.05, 3.63) is 28.2 Å². The summed E-state index contributed by atoms with van der Waals surface area (Å²) in [5, 5.41) is 13.6. The lowest BCUT2D eigenvalue weighted by Crippen LogP contribution is -2.24. The molecule has 7 nitrogen and oxygen atoms in total. The Morgan fingerprint density at radius 2 is 2.30 bits per heavy atom. The van der Waals surface area contributed by atoms with Crippen LogP contribution in [0.3, 0.4) is 0 Å². The van der Waals surface area contributed by atoms with Crippen LogP contribution in [-0.4, -0.2) is 33.5 Å². The van der Waals surface area contributed by atoms with E-state index < -0.39 is 0 Å². The molecule has 2 rings (SSSR count). The molecule has 2 aromatic heterocycles. The van der Waals surface area contributed by atoms with Crippen molar-refractivity contribution in [1.82, 2.24) is 20.5 Å². The van der Waals surface area contributed by atoms with Crippen LogP contribution in [0.25, 0.3) is 0 Å². The summed E-state index contributed by atoms with van der Waals surface area (Å²) in [5.74, 6) is 0.637. The summed E-state index contributed by atoms with van der Waals surface area (Å²) in [6, 6.07) is 3.59. The Morgan fingerprint density at radius 1 is 1.45 bits per heavy atom. The number of H-pyrrole nitrogens is 1. The smallest absolute Gasteiger partial charge is 0.261 e. The van der Waals surface area contributed by atoms with Crippen LogP contribution in [-0.2, 0) is 4.79 Å². The Morgan fingerprint density at radius 3 is 2.95 bits per heavy atom. The molecule has 0 aromatic carbocycles. The average molecular weight is 293 g/mol. The molecule has 0 aliphatic carbocycles. The van der Waals surface area contributed by atoms with Gasteiger partial charge >= 0.3 is 0 Å². The molecule has 0 aliphatic heterocycles. The molecule has 20 heavy (non-hydrogen) atoms. The molecule has 0 fully saturated rings. The Labute approximate surface area is 119 Å². The molecule has 2 amide bonds. The average Bonchev–Trinajstić information content (AvgIpc) is 3.06. The summed E-state index contributed by atoms with van der Waals surface area (Å²) >= 11 is 1.39. The largest absolute Gasteiger partial charge is 0.351 e. The van der Waals surface area contributed by atoms with Gasteiger partial charge in [0.25, 0.3) is 5.91 Å². The molecule has 0 saturated carbocycles. The molecule has 0 saturated heterocycles. The SMILES string of the molecule is Cc1nc(NC(=O)CCCNC(=O)c2cccs2)n[nH]1. The van der Waals surface area contributed by atoms with Gasteiger partial charge in [-0.05, 0) is 24.8 Å². The topological polar surface area (TPSA) is 99.8 Å². The van der Waals surface area contributed by atoms with Gasteiger partial charge in [-0.15, -0.1) is 16.4 Å². The zero-order valence-electron chi connectivity index (χ0n) is 11.0. The number of hydrogen-bond acceptors (Lipinski definition) is 5. The van der Waals surface area contributed by atoms with E-state index in [2.05, 4.69) is 25.8 Å². The molecule has 8 heteroatoms. The third-order valence-electron chi connectivity index (χ3n) is 2.46. The highest BCUT2D eigenvalue weighted by molar-refractivity contribution is 7.12. The van der Waals surface area contributed by atoms with E-state index in [4.69, 9.17) is 0 Å². The fourth-order valence-corrected chi connectivity index (χ4v) is 2.17. The van der Waals surface area contributed by atoms with Crippen molar-refractivity contribution >= 4 is 29.1 Å². The number of aromatic amines is 1. The van der Waals surface area contributed by atoms with E-state index in [1.54, 1.807) is 13.0 Å². The van der Waals surface area contributed by atoms with Gasteiger partial charge in [-0.3, -0.25) is 20.0 Å². The highest BCUT2D eigenvalue weighted by Crippen LogP contribution is 2.07. The molecule has 0 atom stereocenters. The number of rotatable bonds is 6. The minimum absolute atomic E-state index is 0.106. The van der Waals surface area contributed by atoms with Crippen LogP contribution in [0.15, 0.2) is 17.5 Å². The van der Waals surface area contributed by atoms with E-state index >= 15 is 0 Å². The number of nitrogens with zero attached hydrogens (tertiary/aromatic N) is 2. The quantitative estimate of drug-likeness (QED) is 0.699. The molecular formula is C12H15N5O2S. The van der Waals surface area contributed by atoms with Crippen molar-refractivity contribution in [3.63, 3.8) is 0 Å². The summed E-state index contributed by atoms with van der Waals surface area (Å²) in [4.78, 5) is 27.8. The fraction of sp³-hybridized carbons (Fsp3) is 0.333. The number of aryl methyl sites for hydroxylation is 1. The number of aromatic nitrogens is 3. The highest BCUT2D eigenvalue weighted by Gasteiger charge is 2.08. The fourth-order valence-electron chi connectivity index (χ4n) is 1.53. The lowest BCUT2D eigenvalue weighted by molar-refractivity contribution is -0.116. The van der Waals surface area contributed by atoms with Gasteiger partial charge in [0.05, 0.1) is 4.88 Å². The lowest BCUT2D eigenvalue weighted by atomic mass is 10.3. The van der Waals surface area contributed by atoms with Gasteiger partial charge in [0, 0.05) is 13.0 Å². The molecule has 2 heterocycles. The van der Waals surface area contributed by atoms with Crippen molar-refractivity contribution < 1.29 is 9.59 Å². The van der Waals surface area contributed by atoms with Gasteiger partial charge in [-0.2, -0.15) is 4.98 Å². The van der Waals surface area contributed by atoms with Crippen LogP contribution in [0.2, 0.25) is 0 Å². The number of anilines is 1. The monoisotopic (exact) mass is 293 g/mol. The zero-order valence-corrected chi connectivity index (χ0v) is 11.8. The maximum absolute atomic E-state index is 11.6. The second-order valence-corrected chi connectivity index (χ2v) is 5.08. The molecule has 2 aromatic rings. The standard InChI is InChI=1S/C12H15N5O2S/c1-8-14-12(17-16-8)15-10(18)5-2-6-13-11(19)9-4-3-7-20-9/h3-4,7H,2,5-6H2,1H3,(H,13,19)(H2,14,15,16,17,18). The molecular weight excluding hydrogens is 278 g/mol. The molecule has 0 bridgehead atoms. The summed E-state index contributed by atoms with van der Waals surface area (Å²) in [5.41, 5.74) is 0. The van der Waals surface area contributed by atoms with Gasteiger partial charge in [0.2, 0.25) is 11.9 Å². The summed E-state index contributed by atoms with van der Waals surface area (Å²) in [6.07, 6.45) is 0.866. The summed E-state index contributed by atoms with van der Waals surface area (Å²) < 4.78 is 0. The third-order valence-corrected chi connectivity index (χ3v) is 3.33. The number of nitrogens with one attached hydrogen (secondary N) is 3. The maximum atomic E-state index is 11.6. The second kappa shape index (κ2) is 6.80. The van der Waals surface area contributed by atoms with Crippen LogP contribution < -0.4 is 10.6 Å². The van der Waals surface area contributed by atoms with E-state index in [-0.39, 0.29) is 17.8 Å². The van der Waals surface area contributed by atoms with E-state index in [1.807, 2.05) is 11.4 Å². The van der Waals surface area contributed by atoms with Crippen molar-refractivity contribution in [2.75, 3.05) is 11.9 Å². The third kappa shape index (κ3) is 4.16. The van der Waals surface area contributed by atoms with E-state index in [9.17, 15) is 9.59 Å². The predicted octanol–water partition coefficient (Wildman–Crippen LogP) is 1.32. The van der Waals surface area contributed by atoms with E-state index in [0.29, 0.717) is 30.1 Å². The molecule has 106 valence electrons. The predicted molar refractivity (Wildman–Crippen MR) is 75.6 cm³/mol. The van der Waals surface area contributed by atoms with Gasteiger partial charge in [-0.1, -0.05) is 6.07 Å². The number of carbonyl (C=O) groups excluding carboxylic acids is 2. The van der Waals surface area contributed by atoms with E-state index in [0.717, 1.165) is 0 Å². The maximum Gasteiger partial charge on any atom is 0.261 e. The first-order valence-corrected chi connectivity index (χ1v) is 7.03. The summed E-state index contributed by atoms with van der Waals surface area (Å²) in [7, 11) is 0. The first-order valence-electron chi connectivity index (χ1n) is 6.15. The first-order chi connectivity index (χ1) is 9.65. The minimum Gasteiger partial charge on any atom is -0.351 e. The van der Waals surface area contributed by atoms with Crippen molar-refractivity contribution in [3.8, 4) is 0 Å². The molecule has 0 spiro atoms. The summed E-state index contributed by atoms with van der Waals surface area (Å²) in [6.45, 7) is 2.21. The highest BCUT2D eigenvalue weighted by atomic mass is 32.1. The minimum atomic E-state index is -0.172. The van der Waals surface area contributed by atoms with Crippen molar-refractivity contribution in [2.45, 2.75) is 19.8 Å². The number of carbonyl (C=O) groups is 2. The Bertz CT molecular complexity index is 578. The van der Waals surface area contributed by atoms with Gasteiger partial charge in [0.1, 0.15) is 5.82 Å². The Kier molecular flexibility index (Phi) is 4.83. The van der Waals surface area contributed by atoms with Crippen LogP contribution in [0, 0.1) is 6.92 Å². The molecule has 0 unspecified atom stereocenters. The second-order valence-electron chi connectivity index (χ2n) is 4.13. The molecule has 3 N–H and O–H groups in total. The van der Waals surface area contributed by atoms with Crippen molar-refractivity contribution in [1.29, 1.82) is 0 Å². The van der Waals surface area contributed by atoms with Crippen LogP contribution in [0.5, 0.6) is 0 Å². The number of thiophene rings is 1. The number of amides is 2. The van der Waals surface area contributed by atoms with Crippen LogP contribution in [0.4, 0.5) is 5.95 Å². The first kappa shape index (κ1) is 14.2. The normalized spacial score (nSPS) is 10.2. The molecule has 0 radical (unpaired) electrons.